The van der Waals surface area contributed by atoms with Gasteiger partial charge in [-0.25, -0.2) is 0 Å². The first-order valence-corrected chi connectivity index (χ1v) is 25.1. The van der Waals surface area contributed by atoms with Crippen LogP contribution in [0.2, 0.25) is 0 Å². The monoisotopic (exact) mass is 1040 g/mol. The molecule has 6 nitrogen and oxygen atoms in total. The van der Waals surface area contributed by atoms with Crippen LogP contribution in [0.15, 0.2) is 94.9 Å². The average Bonchev–Trinajstić information content (AvgIpc) is 3.24. The van der Waals surface area contributed by atoms with Gasteiger partial charge in [0.25, 0.3) is 0 Å². The van der Waals surface area contributed by atoms with Crippen LogP contribution in [0.3, 0.4) is 0 Å². The number of terminal acetylenes is 1. The number of nitrogens with zero attached hydrogens (tertiary/aromatic N) is 2. The summed E-state index contributed by atoms with van der Waals surface area (Å²) in [6, 6.07) is 27.8. The zero-order chi connectivity index (χ0) is 53.7. The fraction of sp³-hybridized carbons (Fsp3) is 0.500. The maximum Gasteiger partial charge on any atom is 2.00 e. The van der Waals surface area contributed by atoms with Crippen LogP contribution in [0.1, 0.15) is 209 Å². The number of phenolic OH excluding ortho intramolecular Hbond substituents is 2. The normalized spacial score (nSPS) is 15.8. The third kappa shape index (κ3) is 23.1. The van der Waals surface area contributed by atoms with Crippen LogP contribution in [-0.2, 0) is 45.9 Å². The molecule has 0 radical (unpaired) electrons. The zero-order valence-corrected chi connectivity index (χ0v) is 52.6. The van der Waals surface area contributed by atoms with Crippen molar-refractivity contribution >= 4 is 18.2 Å². The molecule has 0 spiro atoms. The van der Waals surface area contributed by atoms with Gasteiger partial charge in [0.2, 0.25) is 0 Å². The molecular weight excluding hydrogens is 950 g/mol. The molecule has 1 aliphatic carbocycles. The van der Waals surface area contributed by atoms with Crippen molar-refractivity contribution in [2.45, 2.75) is 204 Å². The SMILES string of the molecule is C#Cc1ccccc1.CC(=O)C(C)(C)C.CC(C)(C)[C@](C)(O)C#Cc1ccccc1.CC(C)(C)c1cc(C=N[C@H]2CCCC[C@@H]2N=Cc2cc(C(C)(C)C)cc(C(C)(C)C)c2O)c(O)c(C(C)(C)C)c1.[CH3-].[CH3-].[Zn+2]. The van der Waals surface area contributed by atoms with Crippen molar-refractivity contribution in [1.29, 1.82) is 0 Å². The number of hydrogen-bond donors (Lipinski definition) is 3. The van der Waals surface area contributed by atoms with Gasteiger partial charge in [-0.05, 0) is 95.9 Å². The van der Waals surface area contributed by atoms with E-state index in [1.165, 1.54) is 11.1 Å². The van der Waals surface area contributed by atoms with Gasteiger partial charge in [-0.1, -0.05) is 204 Å². The van der Waals surface area contributed by atoms with Gasteiger partial charge < -0.3 is 30.2 Å². The first-order valence-electron chi connectivity index (χ1n) is 25.1. The second-order valence-electron chi connectivity index (χ2n) is 25.2. The van der Waals surface area contributed by atoms with E-state index in [2.05, 4.69) is 125 Å². The Hall–Kier alpha value is -4.81. The molecule has 0 saturated heterocycles. The molecule has 0 amide bonds. The molecule has 0 aliphatic heterocycles. The van der Waals surface area contributed by atoms with Gasteiger partial charge in [-0.3, -0.25) is 14.8 Å². The first kappa shape index (κ1) is 70.3. The summed E-state index contributed by atoms with van der Waals surface area (Å²) >= 11 is 0. The number of carbonyl (C=O) groups excluding carboxylic acids is 1. The third-order valence-corrected chi connectivity index (χ3v) is 12.8. The number of aromatic hydroxyl groups is 2. The Kier molecular flexibility index (Phi) is 27.7. The molecule has 0 unspecified atom stereocenters. The second-order valence-corrected chi connectivity index (χ2v) is 25.2. The number of aliphatic hydroxyl groups is 1. The summed E-state index contributed by atoms with van der Waals surface area (Å²) in [7, 11) is 0. The van der Waals surface area contributed by atoms with E-state index in [0.29, 0.717) is 11.5 Å². The molecular formula is C66H96N2O4Zn. The van der Waals surface area contributed by atoms with Crippen molar-refractivity contribution in [3.63, 3.8) is 0 Å². The largest absolute Gasteiger partial charge is 2.00 e. The Morgan fingerprint density at radius 2 is 0.904 bits per heavy atom. The predicted molar refractivity (Wildman–Crippen MR) is 313 cm³/mol. The Morgan fingerprint density at radius 1 is 0.575 bits per heavy atom. The number of Topliss-reactive ketones (excluding diaryl/α,β-unsaturated/α-hetero) is 1. The van der Waals surface area contributed by atoms with Crippen molar-refractivity contribution in [3.8, 4) is 35.7 Å². The van der Waals surface area contributed by atoms with Gasteiger partial charge in [0.1, 0.15) is 22.9 Å². The van der Waals surface area contributed by atoms with E-state index in [1.807, 2.05) is 115 Å². The van der Waals surface area contributed by atoms with Crippen molar-refractivity contribution < 1.29 is 39.6 Å². The molecule has 0 heterocycles. The molecule has 73 heavy (non-hydrogen) atoms. The number of carbonyl (C=O) groups is 1. The van der Waals surface area contributed by atoms with Gasteiger partial charge in [-0.15, -0.1) is 6.42 Å². The molecule has 5 rings (SSSR count). The summed E-state index contributed by atoms with van der Waals surface area (Å²) in [5, 5.41) is 32.6. The maximum absolute atomic E-state index is 11.2. The minimum Gasteiger partial charge on any atom is -0.507 e. The molecule has 0 bridgehead atoms. The summed E-state index contributed by atoms with van der Waals surface area (Å²) in [4.78, 5) is 20.5. The Morgan fingerprint density at radius 3 is 1.16 bits per heavy atom. The standard InChI is InChI=1S/C36H54N2O2.C14H18O.C8H6.C6H12O.2CH3.Zn/c1-33(2,3)25-17-23(31(39)27(19-25)35(7,8)9)21-37-29-15-13-14-16-30(29)38-22-24-18-26(34(4,5)6)20-28(32(24)40)36(10,11)12;1-13(2,3)14(4,15)11-10-12-8-6-5-7-9-12;1-2-8-6-4-3-5-7-8;1-5(7)6(2,3)4;;;/h17-22,29-30,39-40H,13-16H2,1-12H3;5-9,15H,1-4H3;1,3-7H;1-4H3;2*1H3;/q;;;;2*-1;+2/t29-,30-;14-;;;;;/m01...../s1. The molecule has 1 aliphatic rings. The average molecular weight is 1050 g/mol. The van der Waals surface area contributed by atoms with Crippen LogP contribution in [0.4, 0.5) is 0 Å². The van der Waals surface area contributed by atoms with Crippen LogP contribution in [0.5, 0.6) is 11.5 Å². The van der Waals surface area contributed by atoms with Crippen molar-refractivity contribution in [2.24, 2.45) is 20.8 Å². The van der Waals surface area contributed by atoms with E-state index in [-0.39, 0.29) is 84.7 Å². The summed E-state index contributed by atoms with van der Waals surface area (Å²) in [6.45, 7) is 41.1. The molecule has 3 N–H and O–H groups in total. The summed E-state index contributed by atoms with van der Waals surface area (Å²) in [5.41, 5.74) is 5.91. The van der Waals surface area contributed by atoms with Gasteiger partial charge >= 0.3 is 19.5 Å². The molecule has 396 valence electrons. The molecule has 4 aromatic rings. The maximum atomic E-state index is 11.2. The van der Waals surface area contributed by atoms with Crippen LogP contribution in [-0.4, -0.2) is 51.2 Å². The number of benzene rings is 4. The van der Waals surface area contributed by atoms with Crippen LogP contribution in [0.25, 0.3) is 0 Å². The van der Waals surface area contributed by atoms with Crippen LogP contribution in [0, 0.1) is 49.9 Å². The number of aliphatic imine (C=N–C) groups is 2. The summed E-state index contributed by atoms with van der Waals surface area (Å²) < 4.78 is 0. The number of rotatable bonds is 4. The van der Waals surface area contributed by atoms with Crippen LogP contribution >= 0.6 is 0 Å². The molecule has 3 atom stereocenters. The topological polar surface area (TPSA) is 102 Å². The number of phenols is 2. The van der Waals surface area contributed by atoms with Gasteiger partial charge in [0.05, 0.1) is 12.1 Å². The Balaban J connectivity index is 0. The molecule has 4 aromatic carbocycles. The quantitative estimate of drug-likeness (QED) is 0.0820. The van der Waals surface area contributed by atoms with E-state index in [0.717, 1.165) is 59.1 Å². The van der Waals surface area contributed by atoms with E-state index in [1.54, 1.807) is 13.8 Å². The van der Waals surface area contributed by atoms with Gasteiger partial charge in [-0.2, -0.15) is 0 Å². The minimum absolute atomic E-state index is 0. The molecule has 1 saturated carbocycles. The molecule has 1 fully saturated rings. The Bertz CT molecular complexity index is 2380. The van der Waals surface area contributed by atoms with Crippen LogP contribution < -0.4 is 0 Å². The second kappa shape index (κ2) is 28.8. The van der Waals surface area contributed by atoms with Gasteiger partial charge in [0.15, 0.2) is 0 Å². The minimum atomic E-state index is -0.969. The predicted octanol–water partition coefficient (Wildman–Crippen LogP) is 16.2. The summed E-state index contributed by atoms with van der Waals surface area (Å²) in [5.74, 6) is 9.32. The number of hydrogen-bond acceptors (Lipinski definition) is 6. The molecule has 7 heteroatoms. The zero-order valence-electron chi connectivity index (χ0n) is 49.6. The van der Waals surface area contributed by atoms with Crippen molar-refractivity contribution in [2.75, 3.05) is 0 Å². The fourth-order valence-electron chi connectivity index (χ4n) is 6.75. The molecule has 0 aromatic heterocycles. The van der Waals surface area contributed by atoms with E-state index >= 15 is 0 Å². The summed E-state index contributed by atoms with van der Waals surface area (Å²) in [6.07, 6.45) is 13.0. The number of ketones is 1. The third-order valence-electron chi connectivity index (χ3n) is 12.8. The first-order chi connectivity index (χ1) is 31.9. The van der Waals surface area contributed by atoms with Crippen molar-refractivity contribution in [1.82, 2.24) is 0 Å². The van der Waals surface area contributed by atoms with E-state index in [4.69, 9.17) is 16.4 Å². The fourth-order valence-corrected chi connectivity index (χ4v) is 6.75. The Labute approximate surface area is 459 Å². The van der Waals surface area contributed by atoms with E-state index < -0.39 is 5.60 Å². The smallest absolute Gasteiger partial charge is 0.507 e. The van der Waals surface area contributed by atoms with Crippen molar-refractivity contribution in [3.05, 3.63) is 144 Å². The van der Waals surface area contributed by atoms with Gasteiger partial charge in [0, 0.05) is 56.6 Å². The van der Waals surface area contributed by atoms with E-state index in [9.17, 15) is 20.1 Å².